The Morgan fingerprint density at radius 2 is 1.30 bits per heavy atom. The van der Waals surface area contributed by atoms with Crippen molar-refractivity contribution >= 4 is 53.0 Å². The summed E-state index contributed by atoms with van der Waals surface area (Å²) in [5.41, 5.74) is 0.689. The topological polar surface area (TPSA) is 621 Å². The van der Waals surface area contributed by atoms with Gasteiger partial charge in [0.2, 0.25) is 41.7 Å². The van der Waals surface area contributed by atoms with Crippen LogP contribution in [0, 0.1) is 20.9 Å². The first-order chi connectivity index (χ1) is 50.2. The maximum absolute atomic E-state index is 15.3. The molecule has 23 N–H and O–H groups in total. The SMILES string of the molecule is CCOc1cc(C2OCC3OC(OC4C(CO)OC(Oc5ccc(CC6NC(=O)C(C(CC)c7ccccc7)NC(=O)CNC(=O)C(CO)NC(=O)C(C(O)C7CNC(=N)N7C7OC(CO)C(O)C(O)C7O)NC(=O)C(C(O)C7CNC(=N)N7)NC6=O)cc5)C(O)C4O)C(O)C(O)C3O2)ccc1[N+](=O)[O-]. The van der Waals surface area contributed by atoms with Crippen LogP contribution >= 0.6 is 0 Å². The number of carbonyl (C=O) groups is 6. The smallest absolute Gasteiger partial charge is 0.310 e. The van der Waals surface area contributed by atoms with E-state index in [0.29, 0.717) is 5.56 Å². The molecule has 0 aliphatic carbocycles. The van der Waals surface area contributed by atoms with Gasteiger partial charge in [0, 0.05) is 37.1 Å². The molecular weight excluding hydrogens is 1400 g/mol. The summed E-state index contributed by atoms with van der Waals surface area (Å²) in [7, 11) is 0. The Labute approximate surface area is 596 Å². The number of amides is 6. The van der Waals surface area contributed by atoms with Gasteiger partial charge in [-0.15, -0.1) is 0 Å². The van der Waals surface area contributed by atoms with E-state index >= 15 is 14.4 Å². The Hall–Kier alpha value is -8.70. The van der Waals surface area contributed by atoms with Crippen LogP contribution in [0.1, 0.15) is 49.2 Å². The lowest BCUT2D eigenvalue weighted by Gasteiger charge is -2.48. The van der Waals surface area contributed by atoms with Crippen molar-refractivity contribution in [2.75, 3.05) is 52.7 Å². The maximum Gasteiger partial charge on any atom is 0.310 e. The van der Waals surface area contributed by atoms with E-state index in [1.54, 1.807) is 44.2 Å². The lowest BCUT2D eigenvalue weighted by Crippen LogP contribution is -2.69. The number of carbonyl (C=O) groups excluding carboxylic acids is 6. The van der Waals surface area contributed by atoms with Gasteiger partial charge in [-0.1, -0.05) is 49.4 Å². The fourth-order valence-electron chi connectivity index (χ4n) is 13.4. The molecule has 41 nitrogen and oxygen atoms in total. The van der Waals surface area contributed by atoms with Crippen LogP contribution in [0.25, 0.3) is 0 Å². The van der Waals surface area contributed by atoms with Crippen molar-refractivity contribution in [1.82, 2.24) is 52.8 Å². The minimum atomic E-state index is -2.37. The minimum Gasteiger partial charge on any atom is -0.487 e. The Bertz CT molecular complexity index is 3570. The molecule has 26 atom stereocenters. The molecule has 3 aromatic carbocycles. The van der Waals surface area contributed by atoms with E-state index in [-0.39, 0.29) is 60.5 Å². The third-order valence-corrected chi connectivity index (χ3v) is 19.1. The van der Waals surface area contributed by atoms with Crippen LogP contribution in [0.3, 0.4) is 0 Å². The molecule has 7 heterocycles. The van der Waals surface area contributed by atoms with E-state index in [9.17, 15) is 85.8 Å². The van der Waals surface area contributed by atoms with Crippen molar-refractivity contribution in [3.8, 4) is 11.5 Å². The lowest BCUT2D eigenvalue weighted by molar-refractivity contribution is -0.386. The van der Waals surface area contributed by atoms with Crippen LogP contribution in [0.4, 0.5) is 5.69 Å². The van der Waals surface area contributed by atoms with Gasteiger partial charge in [-0.05, 0) is 48.7 Å². The number of nitrogens with zero attached hydrogens (tertiary/aromatic N) is 2. The van der Waals surface area contributed by atoms with Gasteiger partial charge in [0.25, 0.3) is 0 Å². The molecule has 576 valence electrons. The normalized spacial score (nSPS) is 35.4. The number of hydrogen-bond donors (Lipinski definition) is 23. The van der Waals surface area contributed by atoms with E-state index < -0.39 is 244 Å². The lowest BCUT2D eigenvalue weighted by atomic mass is 9.88. The molecule has 0 radical (unpaired) electrons. The highest BCUT2D eigenvalue weighted by atomic mass is 16.8. The summed E-state index contributed by atoms with van der Waals surface area (Å²) in [5, 5.41) is 185. The predicted octanol–water partition coefficient (Wildman–Crippen LogP) is -9.73. The Balaban J connectivity index is 0.900. The van der Waals surface area contributed by atoms with Gasteiger partial charge in [0.1, 0.15) is 121 Å². The number of nitro benzene ring substituents is 1. The molecule has 7 saturated heterocycles. The predicted molar refractivity (Wildman–Crippen MR) is 351 cm³/mol. The van der Waals surface area contributed by atoms with Crippen molar-refractivity contribution in [3.63, 3.8) is 0 Å². The van der Waals surface area contributed by atoms with Crippen LogP contribution in [0.2, 0.25) is 0 Å². The molecule has 0 spiro atoms. The van der Waals surface area contributed by atoms with Crippen LogP contribution in [0.15, 0.2) is 72.8 Å². The zero-order valence-corrected chi connectivity index (χ0v) is 56.3. The van der Waals surface area contributed by atoms with E-state index in [4.69, 9.17) is 48.7 Å². The number of rotatable bonds is 21. The van der Waals surface area contributed by atoms with Gasteiger partial charge in [0.05, 0.1) is 56.6 Å². The van der Waals surface area contributed by atoms with Gasteiger partial charge in [-0.3, -0.25) is 49.7 Å². The monoisotopic (exact) mass is 1490 g/mol. The largest absolute Gasteiger partial charge is 0.487 e. The van der Waals surface area contributed by atoms with Crippen molar-refractivity contribution in [2.24, 2.45) is 0 Å². The molecule has 0 bridgehead atoms. The molecule has 26 unspecified atom stereocenters. The highest BCUT2D eigenvalue weighted by Gasteiger charge is 2.56. The van der Waals surface area contributed by atoms with Crippen molar-refractivity contribution in [1.29, 1.82) is 10.8 Å². The fourth-order valence-corrected chi connectivity index (χ4v) is 13.4. The number of benzene rings is 3. The number of guanidine groups is 2. The number of aliphatic hydroxyl groups excluding tert-OH is 12. The molecule has 0 aromatic heterocycles. The standard InChI is InChI=1S/C64H87N13O28/c1-3-29(26-8-6-5-7-9-26)40-56(93)70-30(16-25-10-13-28(14-11-25)100-61-50(89)47(86)52(37(23-80)102-61)105-62-51(90)48(87)53-38(103-62)24-99-60(104-53)27-12-15-33(77(96)97)35(17-27)98-4-2)55(92)74-41(43(82)31-18-68-63(65)72-31)58(95)75-42(57(94)71-32(21-78)54(91)67-20-39(81)73-40)44(83)34-19-69-64(66)76(34)59-49(88)46(85)45(84)36(22-79)101-59/h5-15,17,29-32,34,36-38,40-53,59-62,78-80,82-90H,3-4,16,18-24H2,1-2H3,(H2,66,69)(H,67,91)(H,70,93)(H,71,94)(H,73,81)(H,74,92)(H,75,95)(H3,65,68,72). The number of aliphatic hydroxyl groups is 12. The highest BCUT2D eigenvalue weighted by molar-refractivity contribution is 5.98. The van der Waals surface area contributed by atoms with Crippen LogP contribution in [0.5, 0.6) is 11.5 Å². The molecule has 10 rings (SSSR count). The molecule has 7 fully saturated rings. The number of hydrogen-bond acceptors (Lipinski definition) is 30. The minimum absolute atomic E-state index is 0.0693. The van der Waals surface area contributed by atoms with Gasteiger partial charge >= 0.3 is 5.69 Å². The first kappa shape index (κ1) is 78.9. The maximum atomic E-state index is 15.3. The Morgan fingerprint density at radius 1 is 0.638 bits per heavy atom. The first-order valence-electron chi connectivity index (χ1n) is 33.7. The van der Waals surface area contributed by atoms with E-state index in [2.05, 4.69) is 47.9 Å². The number of nitro groups is 1. The van der Waals surface area contributed by atoms with Gasteiger partial charge in [0.15, 0.2) is 36.5 Å². The zero-order valence-electron chi connectivity index (χ0n) is 56.3. The third-order valence-electron chi connectivity index (χ3n) is 19.1. The summed E-state index contributed by atoms with van der Waals surface area (Å²) >= 11 is 0. The van der Waals surface area contributed by atoms with Crippen LogP contribution in [-0.4, -0.2) is 318 Å². The second-order valence-electron chi connectivity index (χ2n) is 25.9. The highest BCUT2D eigenvalue weighted by Crippen LogP contribution is 2.39. The van der Waals surface area contributed by atoms with Crippen molar-refractivity contribution in [2.45, 2.75) is 185 Å². The average Bonchev–Trinajstić information content (AvgIpc) is 1.40. The third kappa shape index (κ3) is 17.6. The fraction of sp³-hybridized carbons (Fsp3) is 0.594. The van der Waals surface area contributed by atoms with E-state index in [1.165, 1.54) is 42.5 Å². The van der Waals surface area contributed by atoms with Crippen LogP contribution in [-0.2, 0) is 63.6 Å². The zero-order chi connectivity index (χ0) is 75.8. The van der Waals surface area contributed by atoms with Crippen LogP contribution < -0.4 is 57.3 Å². The Morgan fingerprint density at radius 3 is 1.96 bits per heavy atom. The second kappa shape index (κ2) is 34.7. The van der Waals surface area contributed by atoms with Crippen molar-refractivity contribution in [3.05, 3.63) is 99.6 Å². The summed E-state index contributed by atoms with van der Waals surface area (Å²) in [6, 6.07) is 4.69. The molecule has 105 heavy (non-hydrogen) atoms. The van der Waals surface area contributed by atoms with E-state index in [1.807, 2.05) is 0 Å². The van der Waals surface area contributed by atoms with Crippen molar-refractivity contribution < 1.29 is 133 Å². The Kier molecular flexibility index (Phi) is 26.1. The summed E-state index contributed by atoms with van der Waals surface area (Å²) in [5.74, 6) is -9.35. The molecule has 41 heteroatoms. The summed E-state index contributed by atoms with van der Waals surface area (Å²) in [4.78, 5) is 99.8. The van der Waals surface area contributed by atoms with Gasteiger partial charge in [-0.25, -0.2) is 0 Å². The molecule has 7 aliphatic rings. The molecule has 0 saturated carbocycles. The first-order valence-corrected chi connectivity index (χ1v) is 33.7. The molecular formula is C64H87N13O28. The number of ether oxygens (including phenoxy) is 8. The van der Waals surface area contributed by atoms with Gasteiger partial charge < -0.3 is 152 Å². The molecule has 7 aliphatic heterocycles. The van der Waals surface area contributed by atoms with Gasteiger partial charge in [-0.2, -0.15) is 0 Å². The average molecular weight is 1490 g/mol. The van der Waals surface area contributed by atoms with E-state index in [0.717, 1.165) is 4.90 Å². The summed E-state index contributed by atoms with van der Waals surface area (Å²) in [6.45, 7) is -1.52. The molecule has 3 aromatic rings. The summed E-state index contributed by atoms with van der Waals surface area (Å²) < 4.78 is 46.6. The number of nitrogens with one attached hydrogen (secondary N) is 11. The quantitative estimate of drug-likeness (QED) is 0.0348. The molecule has 6 amide bonds. The second-order valence-corrected chi connectivity index (χ2v) is 25.9. The summed E-state index contributed by atoms with van der Waals surface area (Å²) in [6.07, 6.45) is -32.1. The number of fused-ring (bicyclic) bond motifs is 1.